The van der Waals surface area contributed by atoms with Crippen molar-refractivity contribution >= 4 is 39.6 Å². The van der Waals surface area contributed by atoms with Gasteiger partial charge in [0.1, 0.15) is 6.04 Å². The molecule has 2 aromatic rings. The zero-order valence-electron chi connectivity index (χ0n) is 20.5. The van der Waals surface area contributed by atoms with Crippen molar-refractivity contribution in [3.8, 4) is 0 Å². The van der Waals surface area contributed by atoms with E-state index in [2.05, 4.69) is 21.2 Å². The Morgan fingerprint density at radius 1 is 1.03 bits per heavy atom. The number of rotatable bonds is 9. The zero-order chi connectivity index (χ0) is 25.7. The summed E-state index contributed by atoms with van der Waals surface area (Å²) in [6.45, 7) is 2.22. The van der Waals surface area contributed by atoms with E-state index in [-0.39, 0.29) is 42.6 Å². The average molecular weight is 554 g/mol. The summed E-state index contributed by atoms with van der Waals surface area (Å²) in [6.07, 6.45) is 5.81. The zero-order valence-corrected chi connectivity index (χ0v) is 22.1. The van der Waals surface area contributed by atoms with E-state index in [4.69, 9.17) is 0 Å². The van der Waals surface area contributed by atoms with Crippen molar-refractivity contribution < 1.29 is 19.2 Å². The van der Waals surface area contributed by atoms with Crippen molar-refractivity contribution in [1.82, 2.24) is 15.1 Å². The molecule has 8 heteroatoms. The second-order valence-corrected chi connectivity index (χ2v) is 10.5. The van der Waals surface area contributed by atoms with Gasteiger partial charge in [0.25, 0.3) is 11.8 Å². The molecule has 1 aliphatic heterocycles. The minimum Gasteiger partial charge on any atom is -0.352 e. The molecule has 1 unspecified atom stereocenters. The highest BCUT2D eigenvalue weighted by Gasteiger charge is 2.35. The molecular formula is C28H32BrN3O4. The van der Waals surface area contributed by atoms with Crippen LogP contribution < -0.4 is 5.32 Å². The summed E-state index contributed by atoms with van der Waals surface area (Å²) in [5.41, 5.74) is 1.71. The number of benzene rings is 2. The van der Waals surface area contributed by atoms with Crippen molar-refractivity contribution in [2.75, 3.05) is 6.54 Å². The fourth-order valence-electron chi connectivity index (χ4n) is 4.96. The summed E-state index contributed by atoms with van der Waals surface area (Å²) in [4.78, 5) is 54.5. The number of fused-ring (bicyclic) bond motifs is 1. The normalized spacial score (nSPS) is 16.6. The van der Waals surface area contributed by atoms with Gasteiger partial charge in [-0.3, -0.25) is 24.1 Å². The van der Waals surface area contributed by atoms with Crippen molar-refractivity contribution in [2.24, 2.45) is 0 Å². The Morgan fingerprint density at radius 2 is 1.69 bits per heavy atom. The van der Waals surface area contributed by atoms with Gasteiger partial charge < -0.3 is 10.2 Å². The van der Waals surface area contributed by atoms with Gasteiger partial charge in [0.15, 0.2) is 0 Å². The summed E-state index contributed by atoms with van der Waals surface area (Å²) in [5, 5.41) is 3.13. The van der Waals surface area contributed by atoms with E-state index in [1.54, 1.807) is 36.1 Å². The summed E-state index contributed by atoms with van der Waals surface area (Å²) in [7, 11) is 0. The molecule has 1 saturated carbocycles. The van der Waals surface area contributed by atoms with Crippen molar-refractivity contribution in [3.05, 3.63) is 69.7 Å². The van der Waals surface area contributed by atoms with Gasteiger partial charge in [-0.15, -0.1) is 0 Å². The van der Waals surface area contributed by atoms with Crippen molar-refractivity contribution in [1.29, 1.82) is 0 Å². The smallest absolute Gasteiger partial charge is 0.261 e. The topological polar surface area (TPSA) is 86.8 Å². The van der Waals surface area contributed by atoms with Crippen LogP contribution in [-0.2, 0) is 16.1 Å². The van der Waals surface area contributed by atoms with Crippen LogP contribution >= 0.6 is 15.9 Å². The fourth-order valence-corrected chi connectivity index (χ4v) is 5.40. The standard InChI is InChI=1S/C28H32BrN3O4/c1-19(26(34)30-22-11-3-2-4-12-22)32(18-20-9-7-10-21(29)17-20)25(33)15-8-16-31-27(35)23-13-5-6-14-24(23)28(31)36/h5-7,9-10,13-14,17,19,22H,2-4,8,11-12,15-16,18H2,1H3,(H,30,34). The Bertz CT molecular complexity index is 1110. The number of halogens is 1. The minimum absolute atomic E-state index is 0.127. The van der Waals surface area contributed by atoms with Crippen LogP contribution in [0.4, 0.5) is 0 Å². The Balaban J connectivity index is 1.41. The first-order valence-corrected chi connectivity index (χ1v) is 13.4. The number of nitrogens with zero attached hydrogens (tertiary/aromatic N) is 2. The number of carbonyl (C=O) groups is 4. The highest BCUT2D eigenvalue weighted by atomic mass is 79.9. The van der Waals surface area contributed by atoms with E-state index >= 15 is 0 Å². The molecule has 4 rings (SSSR count). The Hall–Kier alpha value is -3.00. The quantitative estimate of drug-likeness (QED) is 0.456. The highest BCUT2D eigenvalue weighted by molar-refractivity contribution is 9.10. The molecule has 0 spiro atoms. The van der Waals surface area contributed by atoms with Crippen molar-refractivity contribution in [2.45, 2.75) is 70.5 Å². The maximum absolute atomic E-state index is 13.4. The first-order valence-electron chi connectivity index (χ1n) is 12.6. The Kier molecular flexibility index (Phi) is 8.56. The maximum atomic E-state index is 13.4. The lowest BCUT2D eigenvalue weighted by Gasteiger charge is -2.31. The van der Waals surface area contributed by atoms with Gasteiger partial charge in [-0.05, 0) is 56.0 Å². The number of amides is 4. The summed E-state index contributed by atoms with van der Waals surface area (Å²) in [6, 6.07) is 13.9. The van der Waals surface area contributed by atoms with Gasteiger partial charge in [0.05, 0.1) is 11.1 Å². The van der Waals surface area contributed by atoms with Gasteiger partial charge in [0, 0.05) is 30.0 Å². The maximum Gasteiger partial charge on any atom is 0.261 e. The molecule has 2 aromatic carbocycles. The molecule has 1 aliphatic carbocycles. The average Bonchev–Trinajstić information content (AvgIpc) is 3.12. The third-order valence-electron chi connectivity index (χ3n) is 7.01. The molecule has 7 nitrogen and oxygen atoms in total. The summed E-state index contributed by atoms with van der Waals surface area (Å²) >= 11 is 3.47. The van der Waals surface area contributed by atoms with Crippen LogP contribution in [0, 0.1) is 0 Å². The Labute approximate surface area is 220 Å². The third-order valence-corrected chi connectivity index (χ3v) is 7.50. The molecule has 1 fully saturated rings. The van der Waals surface area contributed by atoms with E-state index < -0.39 is 6.04 Å². The Morgan fingerprint density at radius 3 is 2.33 bits per heavy atom. The fraction of sp³-hybridized carbons (Fsp3) is 0.429. The summed E-state index contributed by atoms with van der Waals surface area (Å²) < 4.78 is 0.900. The second-order valence-electron chi connectivity index (χ2n) is 9.58. The molecule has 0 bridgehead atoms. The predicted octanol–water partition coefficient (Wildman–Crippen LogP) is 4.69. The molecule has 0 radical (unpaired) electrons. The third kappa shape index (κ3) is 6.03. The number of nitrogens with one attached hydrogen (secondary N) is 1. The van der Waals surface area contributed by atoms with Crippen LogP contribution in [0.5, 0.6) is 0 Å². The monoisotopic (exact) mass is 553 g/mol. The van der Waals surface area contributed by atoms with E-state index in [0.717, 1.165) is 35.7 Å². The number of hydrogen-bond donors (Lipinski definition) is 1. The molecule has 0 saturated heterocycles. The van der Waals surface area contributed by atoms with Crippen LogP contribution in [0.2, 0.25) is 0 Å². The van der Waals surface area contributed by atoms with Crippen LogP contribution in [-0.4, -0.2) is 52.1 Å². The lowest BCUT2D eigenvalue weighted by atomic mass is 9.95. The molecule has 1 N–H and O–H groups in total. The number of carbonyl (C=O) groups excluding carboxylic acids is 4. The first kappa shape index (κ1) is 26.1. The van der Waals surface area contributed by atoms with E-state index in [1.165, 1.54) is 11.3 Å². The second kappa shape index (κ2) is 11.8. The van der Waals surface area contributed by atoms with Gasteiger partial charge >= 0.3 is 0 Å². The van der Waals surface area contributed by atoms with Crippen LogP contribution in [0.1, 0.15) is 78.1 Å². The summed E-state index contributed by atoms with van der Waals surface area (Å²) in [5.74, 6) is -0.980. The molecular weight excluding hydrogens is 522 g/mol. The van der Waals surface area contributed by atoms with Crippen LogP contribution in [0.15, 0.2) is 53.0 Å². The van der Waals surface area contributed by atoms with Crippen molar-refractivity contribution in [3.63, 3.8) is 0 Å². The molecule has 36 heavy (non-hydrogen) atoms. The molecule has 1 heterocycles. The molecule has 190 valence electrons. The van der Waals surface area contributed by atoms with Crippen LogP contribution in [0.25, 0.3) is 0 Å². The lowest BCUT2D eigenvalue weighted by molar-refractivity contribution is -0.141. The van der Waals surface area contributed by atoms with Gasteiger partial charge in [-0.2, -0.15) is 0 Å². The van der Waals surface area contributed by atoms with Crippen LogP contribution in [0.3, 0.4) is 0 Å². The van der Waals surface area contributed by atoms with Gasteiger partial charge in [0.2, 0.25) is 11.8 Å². The molecule has 0 aromatic heterocycles. The van der Waals surface area contributed by atoms with Gasteiger partial charge in [-0.25, -0.2) is 0 Å². The SMILES string of the molecule is CC(C(=O)NC1CCCCC1)N(Cc1cccc(Br)c1)C(=O)CCCN1C(=O)c2ccccc2C1=O. The molecule has 4 amide bonds. The van der Waals surface area contributed by atoms with Gasteiger partial charge in [-0.1, -0.05) is 59.5 Å². The van der Waals surface area contributed by atoms with E-state index in [9.17, 15) is 19.2 Å². The van der Waals surface area contributed by atoms with E-state index in [0.29, 0.717) is 24.1 Å². The largest absolute Gasteiger partial charge is 0.352 e. The molecule has 1 atom stereocenters. The highest BCUT2D eigenvalue weighted by Crippen LogP contribution is 2.23. The number of imide groups is 1. The first-order chi connectivity index (χ1) is 17.3. The number of hydrogen-bond acceptors (Lipinski definition) is 4. The lowest BCUT2D eigenvalue weighted by Crippen LogP contribution is -2.50. The minimum atomic E-state index is -0.641. The molecule has 2 aliphatic rings. The predicted molar refractivity (Wildman–Crippen MR) is 140 cm³/mol. The van der Waals surface area contributed by atoms with E-state index in [1.807, 2.05) is 24.3 Å².